The van der Waals surface area contributed by atoms with Gasteiger partial charge in [-0.25, -0.2) is 0 Å². The van der Waals surface area contributed by atoms with Crippen molar-refractivity contribution in [2.24, 2.45) is 0 Å². The molecule has 4 aromatic rings. The molecule has 0 radical (unpaired) electrons. The third kappa shape index (κ3) is 8.48. The molecule has 0 heterocycles. The normalized spacial score (nSPS) is 13.0. The molecule has 0 aliphatic rings. The maximum Gasteiger partial charge on any atom is 0.122 e. The average Bonchev–Trinajstić information content (AvgIpc) is 2.98. The highest BCUT2D eigenvalue weighted by Gasteiger charge is 2.30. The molecule has 0 saturated heterocycles. The standard InChI is InChI=1S/C48H66O4/c1-27-19-31(23-37(41(27)49)45(5,6)7)35(32-20-28(2)42(50)38(24-32)46(8,9)10)17-18-36(33-21-29(3)43(51)39(25-33)47(11,12)13)34-22-30(4)44(52)40(26-34)48(14,15)16/h19-26,35-36,49-52H,17-18H2,1-16H3. The molecule has 0 fully saturated rings. The average molecular weight is 707 g/mol. The Balaban J connectivity index is 2.03. The highest BCUT2D eigenvalue weighted by molar-refractivity contribution is 5.55. The minimum atomic E-state index is -0.265. The first kappa shape index (κ1) is 40.8. The minimum Gasteiger partial charge on any atom is -0.507 e. The Hall–Kier alpha value is -3.92. The fraction of sp³-hybridized carbons (Fsp3) is 0.500. The van der Waals surface area contributed by atoms with Crippen LogP contribution in [0.2, 0.25) is 0 Å². The molecule has 0 atom stereocenters. The zero-order valence-electron chi connectivity index (χ0n) is 35.0. The Morgan fingerprint density at radius 3 is 0.673 bits per heavy atom. The SMILES string of the molecule is Cc1cc(C(CCC(c2cc(C)c(O)c(C(C)(C)C)c2)c2cc(C)c(O)c(C(C)(C)C)c2)c2cc(C)c(O)c(C(C)(C)C)c2)cc(C(C)(C)C)c1O. The van der Waals surface area contributed by atoms with E-state index in [0.29, 0.717) is 23.0 Å². The molecule has 4 N–H and O–H groups in total. The first-order valence-corrected chi connectivity index (χ1v) is 19.0. The van der Waals surface area contributed by atoms with Crippen molar-refractivity contribution in [3.8, 4) is 23.0 Å². The summed E-state index contributed by atoms with van der Waals surface area (Å²) in [5.74, 6) is 1.29. The van der Waals surface area contributed by atoms with E-state index in [-0.39, 0.29) is 33.5 Å². The fourth-order valence-corrected chi connectivity index (χ4v) is 7.71. The maximum absolute atomic E-state index is 11.3. The van der Waals surface area contributed by atoms with Crippen LogP contribution in [0.4, 0.5) is 0 Å². The van der Waals surface area contributed by atoms with Crippen LogP contribution >= 0.6 is 0 Å². The lowest BCUT2D eigenvalue weighted by molar-refractivity contribution is 0.439. The van der Waals surface area contributed by atoms with Gasteiger partial charge in [-0.3, -0.25) is 0 Å². The molecule has 0 bridgehead atoms. The molecule has 4 rings (SSSR count). The number of hydrogen-bond acceptors (Lipinski definition) is 4. The van der Waals surface area contributed by atoms with Crippen LogP contribution < -0.4 is 0 Å². The minimum absolute atomic E-state index is 0.0381. The number of rotatable bonds is 7. The molecule has 0 saturated carbocycles. The number of aryl methyl sites for hydroxylation is 4. The van der Waals surface area contributed by atoms with Crippen LogP contribution in [0.15, 0.2) is 48.5 Å². The van der Waals surface area contributed by atoms with Crippen LogP contribution in [0.3, 0.4) is 0 Å². The third-order valence-electron chi connectivity index (χ3n) is 10.9. The lowest BCUT2D eigenvalue weighted by Gasteiger charge is -2.30. The van der Waals surface area contributed by atoms with E-state index in [2.05, 4.69) is 132 Å². The highest BCUT2D eigenvalue weighted by Crippen LogP contribution is 2.46. The van der Waals surface area contributed by atoms with Crippen molar-refractivity contribution in [1.82, 2.24) is 0 Å². The highest BCUT2D eigenvalue weighted by atomic mass is 16.3. The van der Waals surface area contributed by atoms with E-state index in [1.807, 2.05) is 27.7 Å². The van der Waals surface area contributed by atoms with Gasteiger partial charge in [0, 0.05) is 11.8 Å². The van der Waals surface area contributed by atoms with Gasteiger partial charge in [0.2, 0.25) is 0 Å². The molecule has 0 unspecified atom stereocenters. The number of phenolic OH excluding ortho intramolecular Hbond substituents is 4. The van der Waals surface area contributed by atoms with Gasteiger partial charge in [0.05, 0.1) is 0 Å². The predicted molar refractivity (Wildman–Crippen MR) is 219 cm³/mol. The van der Waals surface area contributed by atoms with Gasteiger partial charge in [-0.15, -0.1) is 0 Å². The first-order valence-electron chi connectivity index (χ1n) is 19.0. The van der Waals surface area contributed by atoms with Crippen molar-refractivity contribution in [3.05, 3.63) is 115 Å². The molecule has 52 heavy (non-hydrogen) atoms. The van der Waals surface area contributed by atoms with E-state index in [0.717, 1.165) is 79.6 Å². The second-order valence-corrected chi connectivity index (χ2v) is 19.6. The van der Waals surface area contributed by atoms with E-state index >= 15 is 0 Å². The van der Waals surface area contributed by atoms with E-state index < -0.39 is 0 Å². The quantitative estimate of drug-likeness (QED) is 0.154. The Kier molecular flexibility index (Phi) is 11.1. The summed E-state index contributed by atoms with van der Waals surface area (Å²) >= 11 is 0. The fourth-order valence-electron chi connectivity index (χ4n) is 7.71. The zero-order chi connectivity index (χ0) is 39.5. The molecule has 4 aromatic carbocycles. The molecule has 4 heteroatoms. The summed E-state index contributed by atoms with van der Waals surface area (Å²) in [7, 11) is 0. The largest absolute Gasteiger partial charge is 0.507 e. The van der Waals surface area contributed by atoms with E-state index in [9.17, 15) is 20.4 Å². The summed E-state index contributed by atoms with van der Waals surface area (Å²) in [6.07, 6.45) is 1.56. The summed E-state index contributed by atoms with van der Waals surface area (Å²) in [5.41, 5.74) is 10.6. The van der Waals surface area contributed by atoms with Crippen molar-refractivity contribution >= 4 is 0 Å². The summed E-state index contributed by atoms with van der Waals surface area (Å²) in [6.45, 7) is 33.6. The predicted octanol–water partition coefficient (Wildman–Crippen LogP) is 12.7. The van der Waals surface area contributed by atoms with Crippen LogP contribution in [0.1, 0.15) is 175 Å². The Labute approximate surface area is 315 Å². The van der Waals surface area contributed by atoms with Gasteiger partial charge in [0.15, 0.2) is 0 Å². The Morgan fingerprint density at radius 2 is 0.519 bits per heavy atom. The van der Waals surface area contributed by atoms with Crippen LogP contribution in [-0.4, -0.2) is 20.4 Å². The van der Waals surface area contributed by atoms with Gasteiger partial charge in [0.1, 0.15) is 23.0 Å². The molecule has 4 nitrogen and oxygen atoms in total. The van der Waals surface area contributed by atoms with Crippen LogP contribution in [0.5, 0.6) is 23.0 Å². The second-order valence-electron chi connectivity index (χ2n) is 19.6. The summed E-state index contributed by atoms with van der Waals surface area (Å²) in [5, 5.41) is 45.1. The molecule has 0 amide bonds. The molecule has 282 valence electrons. The number of aromatic hydroxyl groups is 4. The van der Waals surface area contributed by atoms with Crippen molar-refractivity contribution in [2.75, 3.05) is 0 Å². The van der Waals surface area contributed by atoms with Gasteiger partial charge >= 0.3 is 0 Å². The molecule has 0 spiro atoms. The number of hydrogen-bond donors (Lipinski definition) is 4. The number of benzene rings is 4. The third-order valence-corrected chi connectivity index (χ3v) is 10.9. The smallest absolute Gasteiger partial charge is 0.122 e. The Morgan fingerprint density at radius 1 is 0.346 bits per heavy atom. The molecular weight excluding hydrogens is 641 g/mol. The van der Waals surface area contributed by atoms with E-state index in [4.69, 9.17) is 0 Å². The van der Waals surface area contributed by atoms with Crippen molar-refractivity contribution < 1.29 is 20.4 Å². The lowest BCUT2D eigenvalue weighted by atomic mass is 9.74. The molecule has 0 aromatic heterocycles. The molecule has 0 aliphatic heterocycles. The zero-order valence-corrected chi connectivity index (χ0v) is 35.0. The summed E-state index contributed by atoms with van der Waals surface area (Å²) in [4.78, 5) is 0. The van der Waals surface area contributed by atoms with E-state index in [1.165, 1.54) is 0 Å². The second kappa shape index (κ2) is 14.1. The van der Waals surface area contributed by atoms with Crippen LogP contribution in [0, 0.1) is 27.7 Å². The van der Waals surface area contributed by atoms with Crippen molar-refractivity contribution in [3.63, 3.8) is 0 Å². The lowest BCUT2D eigenvalue weighted by Crippen LogP contribution is -2.17. The van der Waals surface area contributed by atoms with E-state index in [1.54, 1.807) is 0 Å². The number of phenols is 4. The summed E-state index contributed by atoms with van der Waals surface area (Å²) in [6, 6.07) is 17.3. The molecule has 0 aliphatic carbocycles. The van der Waals surface area contributed by atoms with Gasteiger partial charge in [-0.05, 0) is 129 Å². The molecular formula is C48H66O4. The summed E-state index contributed by atoms with van der Waals surface area (Å²) < 4.78 is 0. The van der Waals surface area contributed by atoms with Crippen molar-refractivity contribution in [2.45, 2.75) is 157 Å². The monoisotopic (exact) mass is 706 g/mol. The van der Waals surface area contributed by atoms with Gasteiger partial charge < -0.3 is 20.4 Å². The van der Waals surface area contributed by atoms with Crippen LogP contribution in [-0.2, 0) is 21.7 Å². The van der Waals surface area contributed by atoms with Gasteiger partial charge in [-0.2, -0.15) is 0 Å². The van der Waals surface area contributed by atoms with Crippen molar-refractivity contribution in [1.29, 1.82) is 0 Å². The maximum atomic E-state index is 11.3. The van der Waals surface area contributed by atoms with Gasteiger partial charge in [-0.1, -0.05) is 132 Å². The van der Waals surface area contributed by atoms with Gasteiger partial charge in [0.25, 0.3) is 0 Å². The van der Waals surface area contributed by atoms with Crippen LogP contribution in [0.25, 0.3) is 0 Å². The first-order chi connectivity index (χ1) is 23.6. The Bertz CT molecular complexity index is 1670. The topological polar surface area (TPSA) is 80.9 Å².